The fraction of sp³-hybridized carbons (Fsp3) is 0.333. The van der Waals surface area contributed by atoms with Crippen molar-refractivity contribution in [3.63, 3.8) is 0 Å². The Morgan fingerprint density at radius 1 is 1.03 bits per heavy atom. The van der Waals surface area contributed by atoms with E-state index in [1.165, 1.54) is 11.0 Å². The maximum Gasteiger partial charge on any atom is 0.416 e. The lowest BCUT2D eigenvalue weighted by molar-refractivity contribution is -0.137. The number of urea groups is 1. The molecule has 3 aliphatic rings. The quantitative estimate of drug-likeness (QED) is 0.654. The Balaban J connectivity index is 1.61. The smallest absolute Gasteiger partial charge is 0.369 e. The molecule has 2 aromatic carbocycles. The summed E-state index contributed by atoms with van der Waals surface area (Å²) in [6.45, 7) is 0.466. The molecule has 2 unspecified atom stereocenters. The molecule has 35 heavy (non-hydrogen) atoms. The van der Waals surface area contributed by atoms with Gasteiger partial charge in [0.15, 0.2) is 0 Å². The molecule has 3 amide bonds. The van der Waals surface area contributed by atoms with Crippen LogP contribution in [0.2, 0.25) is 0 Å². The largest absolute Gasteiger partial charge is 0.416 e. The molecule has 1 fully saturated rings. The van der Waals surface area contributed by atoms with Gasteiger partial charge in [-0.2, -0.15) is 13.2 Å². The highest BCUT2D eigenvalue weighted by Crippen LogP contribution is 2.64. The highest BCUT2D eigenvalue weighted by Gasteiger charge is 2.60. The highest BCUT2D eigenvalue weighted by molar-refractivity contribution is 5.92. The van der Waals surface area contributed by atoms with Gasteiger partial charge >= 0.3 is 12.2 Å². The van der Waals surface area contributed by atoms with Crippen LogP contribution in [0.5, 0.6) is 0 Å². The second kappa shape index (κ2) is 8.29. The molecule has 8 heteroatoms. The Hall–Kier alpha value is -3.55. The lowest BCUT2D eigenvalue weighted by atomic mass is 9.63. The summed E-state index contributed by atoms with van der Waals surface area (Å²) in [5.41, 5.74) is 13.7. The number of hydrogen-bond acceptors (Lipinski definition) is 2. The number of benzene rings is 2. The molecule has 1 aliphatic heterocycles. The summed E-state index contributed by atoms with van der Waals surface area (Å²) < 4.78 is 40.2. The molecule has 4 N–H and O–H groups in total. The van der Waals surface area contributed by atoms with Crippen molar-refractivity contribution in [3.8, 4) is 0 Å². The third kappa shape index (κ3) is 3.90. The lowest BCUT2D eigenvalue weighted by Gasteiger charge is -2.44. The van der Waals surface area contributed by atoms with Crippen LogP contribution >= 0.6 is 0 Å². The van der Waals surface area contributed by atoms with Gasteiger partial charge in [0.2, 0.25) is 5.91 Å². The van der Waals surface area contributed by atoms with Crippen LogP contribution in [0.4, 0.5) is 18.0 Å². The maximum absolute atomic E-state index is 13.4. The molecule has 182 valence electrons. The van der Waals surface area contributed by atoms with Gasteiger partial charge in [0.25, 0.3) is 0 Å². The van der Waals surface area contributed by atoms with Gasteiger partial charge in [0.05, 0.1) is 11.0 Å². The van der Waals surface area contributed by atoms with Crippen LogP contribution in [-0.4, -0.2) is 29.9 Å². The number of hydrogen-bond donors (Lipinski definition) is 2. The minimum atomic E-state index is -4.47. The summed E-state index contributed by atoms with van der Waals surface area (Å²) in [5.74, 6) is -0.386. The van der Waals surface area contributed by atoms with Crippen molar-refractivity contribution in [2.24, 2.45) is 22.8 Å². The van der Waals surface area contributed by atoms with E-state index in [2.05, 4.69) is 0 Å². The molecule has 0 aromatic heterocycles. The number of allylic oxidation sites excluding steroid dienone is 2. The minimum absolute atomic E-state index is 0.0560. The molecule has 1 saturated carbocycles. The van der Waals surface area contributed by atoms with Gasteiger partial charge in [-0.3, -0.25) is 4.79 Å². The molecular formula is C27H26F3N3O2. The van der Waals surface area contributed by atoms with Gasteiger partial charge in [-0.1, -0.05) is 48.5 Å². The summed E-state index contributed by atoms with van der Waals surface area (Å²) in [7, 11) is 0. The molecule has 0 saturated heterocycles. The van der Waals surface area contributed by atoms with Crippen LogP contribution in [0, 0.1) is 11.3 Å². The number of carbonyl (C=O) groups excluding carboxylic acids is 2. The van der Waals surface area contributed by atoms with Gasteiger partial charge in [-0.15, -0.1) is 0 Å². The molecule has 5 rings (SSSR count). The maximum atomic E-state index is 13.4. The van der Waals surface area contributed by atoms with Crippen LogP contribution in [0.25, 0.3) is 5.57 Å². The molecule has 1 heterocycles. The first kappa shape index (κ1) is 23.2. The molecule has 2 aromatic rings. The molecule has 0 bridgehead atoms. The normalized spacial score (nSPS) is 26.1. The standard InChI is InChI=1S/C27H26F3N3O2/c28-27(29,30)18-8-4-7-17(13-18)19-9-11-26(24(31)34,22-14-21(22)16-5-2-1-3-6-16)23-15-33(25(32)35)12-10-20(19)23/h1-9,13,21-22H,10-12,14-15H2,(H2,31,34)(H2,32,35)/t21?,22-,26?/m1/s1. The summed E-state index contributed by atoms with van der Waals surface area (Å²) >= 11 is 0. The number of primary amides is 2. The molecular weight excluding hydrogens is 455 g/mol. The number of rotatable bonds is 4. The monoisotopic (exact) mass is 481 g/mol. The van der Waals surface area contributed by atoms with E-state index in [4.69, 9.17) is 11.5 Å². The van der Waals surface area contributed by atoms with E-state index < -0.39 is 29.1 Å². The van der Waals surface area contributed by atoms with Crippen molar-refractivity contribution in [1.29, 1.82) is 0 Å². The average molecular weight is 482 g/mol. The van der Waals surface area contributed by atoms with Gasteiger partial charge in [-0.25, -0.2) is 4.79 Å². The van der Waals surface area contributed by atoms with Crippen LogP contribution in [0.3, 0.4) is 0 Å². The number of nitrogens with two attached hydrogens (primary N) is 2. The topological polar surface area (TPSA) is 89.4 Å². The summed E-state index contributed by atoms with van der Waals surface area (Å²) in [4.78, 5) is 26.7. The van der Waals surface area contributed by atoms with Crippen molar-refractivity contribution in [2.45, 2.75) is 31.4 Å². The predicted octanol–water partition coefficient (Wildman–Crippen LogP) is 4.85. The van der Waals surface area contributed by atoms with Gasteiger partial charge in [-0.05, 0) is 71.1 Å². The first-order chi connectivity index (χ1) is 16.6. The van der Waals surface area contributed by atoms with Crippen molar-refractivity contribution in [3.05, 3.63) is 88.5 Å². The SMILES string of the molecule is NC(=O)N1CCC2=C(C1)C(C(N)=O)([C@@H]1CC1c1ccccc1)CC=C2c1cccc(C(F)(F)F)c1. The lowest BCUT2D eigenvalue weighted by Crippen LogP contribution is -2.50. The number of amides is 3. The zero-order valence-corrected chi connectivity index (χ0v) is 19.0. The van der Waals surface area contributed by atoms with Gasteiger partial charge in [0, 0.05) is 13.1 Å². The van der Waals surface area contributed by atoms with Crippen LogP contribution in [-0.2, 0) is 11.0 Å². The van der Waals surface area contributed by atoms with E-state index >= 15 is 0 Å². The Labute approximate surface area is 201 Å². The molecule has 2 aliphatic carbocycles. The van der Waals surface area contributed by atoms with E-state index in [0.29, 0.717) is 29.7 Å². The van der Waals surface area contributed by atoms with Crippen molar-refractivity contribution in [1.82, 2.24) is 4.90 Å². The first-order valence-corrected chi connectivity index (χ1v) is 11.6. The molecule has 0 radical (unpaired) electrons. The Morgan fingerprint density at radius 3 is 2.43 bits per heavy atom. The molecule has 3 atom stereocenters. The minimum Gasteiger partial charge on any atom is -0.369 e. The second-order valence-electron chi connectivity index (χ2n) is 9.56. The van der Waals surface area contributed by atoms with Crippen LogP contribution in [0.15, 0.2) is 71.8 Å². The van der Waals surface area contributed by atoms with E-state index in [1.807, 2.05) is 36.4 Å². The van der Waals surface area contributed by atoms with Gasteiger partial charge in [0.1, 0.15) is 0 Å². The van der Waals surface area contributed by atoms with E-state index in [-0.39, 0.29) is 24.8 Å². The zero-order valence-electron chi connectivity index (χ0n) is 19.0. The molecule has 0 spiro atoms. The third-order valence-electron chi connectivity index (χ3n) is 7.74. The fourth-order valence-electron chi connectivity index (χ4n) is 5.94. The summed E-state index contributed by atoms with van der Waals surface area (Å²) in [6, 6.07) is 14.5. The number of carbonyl (C=O) groups is 2. The van der Waals surface area contributed by atoms with Crippen molar-refractivity contribution >= 4 is 17.5 Å². The van der Waals surface area contributed by atoms with Crippen molar-refractivity contribution < 1.29 is 22.8 Å². The predicted molar refractivity (Wildman–Crippen MR) is 126 cm³/mol. The fourth-order valence-corrected chi connectivity index (χ4v) is 5.94. The number of halogens is 3. The van der Waals surface area contributed by atoms with E-state index in [9.17, 15) is 22.8 Å². The summed E-state index contributed by atoms with van der Waals surface area (Å²) in [6.07, 6.45) is -1.18. The van der Waals surface area contributed by atoms with E-state index in [0.717, 1.165) is 29.7 Å². The third-order valence-corrected chi connectivity index (χ3v) is 7.74. The average Bonchev–Trinajstić information content (AvgIpc) is 3.64. The number of nitrogens with zero attached hydrogens (tertiary/aromatic N) is 1. The Bertz CT molecular complexity index is 1250. The number of alkyl halides is 3. The summed E-state index contributed by atoms with van der Waals surface area (Å²) in [5, 5.41) is 0. The van der Waals surface area contributed by atoms with E-state index in [1.54, 1.807) is 6.07 Å². The molecule has 5 nitrogen and oxygen atoms in total. The van der Waals surface area contributed by atoms with Gasteiger partial charge < -0.3 is 16.4 Å². The second-order valence-corrected chi connectivity index (χ2v) is 9.56. The van der Waals surface area contributed by atoms with Crippen molar-refractivity contribution in [2.75, 3.05) is 13.1 Å². The Morgan fingerprint density at radius 2 is 1.77 bits per heavy atom. The zero-order chi connectivity index (χ0) is 25.0. The van der Waals surface area contributed by atoms with Crippen LogP contribution in [0.1, 0.15) is 41.9 Å². The van der Waals surface area contributed by atoms with Crippen LogP contribution < -0.4 is 11.5 Å². The highest BCUT2D eigenvalue weighted by atomic mass is 19.4. The first-order valence-electron chi connectivity index (χ1n) is 11.6. The Kier molecular flexibility index (Phi) is 5.49.